The fourth-order valence-corrected chi connectivity index (χ4v) is 3.91. The second kappa shape index (κ2) is 9.33. The lowest BCUT2D eigenvalue weighted by Crippen LogP contribution is -2.42. The third-order valence-corrected chi connectivity index (χ3v) is 5.43. The van der Waals surface area contributed by atoms with E-state index in [9.17, 15) is 9.59 Å². The summed E-state index contributed by atoms with van der Waals surface area (Å²) in [5, 5.41) is 6.10. The number of rotatable bonds is 4. The molecule has 2 aromatic heterocycles. The van der Waals surface area contributed by atoms with Crippen LogP contribution in [0.5, 0.6) is 0 Å². The minimum atomic E-state index is -0.372. The molecule has 2 heterocycles. The van der Waals surface area contributed by atoms with Crippen molar-refractivity contribution >= 4 is 28.5 Å². The van der Waals surface area contributed by atoms with Gasteiger partial charge in [-0.2, -0.15) is 0 Å². The molecule has 1 aliphatic carbocycles. The molecule has 28 heavy (non-hydrogen) atoms. The van der Waals surface area contributed by atoms with Crippen LogP contribution in [-0.4, -0.2) is 34.6 Å². The Hall–Kier alpha value is -2.92. The first-order chi connectivity index (χ1) is 13.6. The quantitative estimate of drug-likeness (QED) is 0.610. The normalized spacial score (nSPS) is 18.1. The van der Waals surface area contributed by atoms with Crippen LogP contribution in [0.15, 0.2) is 24.5 Å². The lowest BCUT2D eigenvalue weighted by Gasteiger charge is -2.19. The molecular weight excluding hydrogens is 376 g/mol. The molecule has 2 amide bonds. The zero-order valence-corrected chi connectivity index (χ0v) is 16.6. The summed E-state index contributed by atoms with van der Waals surface area (Å²) < 4.78 is 5.10. The molecule has 0 aliphatic heterocycles. The van der Waals surface area contributed by atoms with Gasteiger partial charge in [-0.1, -0.05) is 23.7 Å². The predicted octanol–water partition coefficient (Wildman–Crippen LogP) is 3.10. The summed E-state index contributed by atoms with van der Waals surface area (Å²) in [6.45, 7) is 3.97. The second-order valence-electron chi connectivity index (χ2n) is 6.41. The van der Waals surface area contributed by atoms with E-state index in [4.69, 9.17) is 4.74 Å². The van der Waals surface area contributed by atoms with Crippen LogP contribution < -0.4 is 10.6 Å². The molecule has 3 rings (SSSR count). The smallest absolute Gasteiger partial charge is 0.321 e. The van der Waals surface area contributed by atoms with Crippen molar-refractivity contribution in [3.05, 3.63) is 40.7 Å². The first kappa shape index (κ1) is 19.8. The number of amides is 2. The largest absolute Gasteiger partial charge is 0.466 e. The van der Waals surface area contributed by atoms with E-state index in [0.717, 1.165) is 35.4 Å². The summed E-state index contributed by atoms with van der Waals surface area (Å²) in [7, 11) is 0. The van der Waals surface area contributed by atoms with Crippen LogP contribution in [0, 0.1) is 24.7 Å². The molecule has 2 N–H and O–H groups in total. The van der Waals surface area contributed by atoms with Crippen molar-refractivity contribution in [2.45, 2.75) is 39.2 Å². The Balaban J connectivity index is 1.60. The van der Waals surface area contributed by atoms with E-state index in [1.165, 1.54) is 11.3 Å². The molecule has 1 aliphatic rings. The van der Waals surface area contributed by atoms with Crippen molar-refractivity contribution in [3.8, 4) is 11.8 Å². The summed E-state index contributed by atoms with van der Waals surface area (Å²) in [6, 6.07) is 3.07. The molecule has 0 radical (unpaired) electrons. The van der Waals surface area contributed by atoms with Crippen LogP contribution in [0.4, 0.5) is 9.93 Å². The molecule has 2 aromatic rings. The maximum Gasteiger partial charge on any atom is 0.321 e. The number of aryl methyl sites for hydroxylation is 1. The summed E-state index contributed by atoms with van der Waals surface area (Å²) in [5.41, 5.74) is 1.62. The molecular formula is C20H22N4O3S. The number of nitrogens with zero attached hydrogens (tertiary/aromatic N) is 2. The highest BCUT2D eigenvalue weighted by Gasteiger charge is 2.35. The Morgan fingerprint density at radius 2 is 2.07 bits per heavy atom. The van der Waals surface area contributed by atoms with Crippen LogP contribution in [-0.2, 0) is 9.53 Å². The van der Waals surface area contributed by atoms with Gasteiger partial charge in [-0.25, -0.2) is 9.78 Å². The van der Waals surface area contributed by atoms with Crippen molar-refractivity contribution in [1.82, 2.24) is 15.3 Å². The van der Waals surface area contributed by atoms with Gasteiger partial charge in [0.25, 0.3) is 0 Å². The molecule has 0 spiro atoms. The van der Waals surface area contributed by atoms with E-state index < -0.39 is 0 Å². The number of carbonyl (C=O) groups is 2. The minimum Gasteiger partial charge on any atom is -0.466 e. The summed E-state index contributed by atoms with van der Waals surface area (Å²) in [5.74, 6) is 5.60. The molecule has 1 fully saturated rings. The Kier molecular flexibility index (Phi) is 6.61. The Morgan fingerprint density at radius 1 is 1.29 bits per heavy atom. The lowest BCUT2D eigenvalue weighted by molar-refractivity contribution is -0.148. The van der Waals surface area contributed by atoms with Gasteiger partial charge in [0, 0.05) is 24.0 Å². The summed E-state index contributed by atoms with van der Waals surface area (Å²) in [6.07, 6.45) is 5.76. The zero-order valence-electron chi connectivity index (χ0n) is 15.8. The lowest BCUT2D eigenvalue weighted by atomic mass is 10.0. The standard InChI is InChI=1S/C20H22N4O3S/c1-3-27-18(25)15-5-4-6-16(15)23-19(26)24-20-22-13(2)17(28-20)8-7-14-9-11-21-12-10-14/h9-12,15-16H,3-6H2,1-2H3,(H2,22,23,24,26). The average molecular weight is 398 g/mol. The fraction of sp³-hybridized carbons (Fsp3) is 0.400. The zero-order chi connectivity index (χ0) is 19.9. The van der Waals surface area contributed by atoms with Crippen molar-refractivity contribution in [1.29, 1.82) is 0 Å². The fourth-order valence-electron chi connectivity index (χ4n) is 3.10. The van der Waals surface area contributed by atoms with E-state index in [2.05, 4.69) is 32.4 Å². The molecule has 2 unspecified atom stereocenters. The van der Waals surface area contributed by atoms with Crippen LogP contribution >= 0.6 is 11.3 Å². The third kappa shape index (κ3) is 5.08. The van der Waals surface area contributed by atoms with Gasteiger partial charge in [0.05, 0.1) is 18.2 Å². The SMILES string of the molecule is CCOC(=O)C1CCCC1NC(=O)Nc1nc(C)c(C#Cc2ccncc2)s1. The van der Waals surface area contributed by atoms with E-state index in [1.54, 1.807) is 19.3 Å². The van der Waals surface area contributed by atoms with Gasteiger partial charge in [0.1, 0.15) is 4.88 Å². The molecule has 7 nitrogen and oxygen atoms in total. The Morgan fingerprint density at radius 3 is 2.82 bits per heavy atom. The number of ether oxygens (including phenoxy) is 1. The van der Waals surface area contributed by atoms with E-state index in [0.29, 0.717) is 11.7 Å². The number of hydrogen-bond acceptors (Lipinski definition) is 6. The van der Waals surface area contributed by atoms with Gasteiger partial charge in [0.15, 0.2) is 5.13 Å². The van der Waals surface area contributed by atoms with Gasteiger partial charge < -0.3 is 10.1 Å². The number of thiazole rings is 1. The Labute approximate surface area is 167 Å². The molecule has 1 saturated carbocycles. The van der Waals surface area contributed by atoms with Gasteiger partial charge in [-0.05, 0) is 44.7 Å². The van der Waals surface area contributed by atoms with E-state index >= 15 is 0 Å². The van der Waals surface area contributed by atoms with Crippen LogP contribution in [0.1, 0.15) is 42.3 Å². The molecule has 146 valence electrons. The number of aromatic nitrogens is 2. The molecule has 8 heteroatoms. The predicted molar refractivity (Wildman–Crippen MR) is 107 cm³/mol. The highest BCUT2D eigenvalue weighted by Crippen LogP contribution is 2.27. The molecule has 0 aromatic carbocycles. The highest BCUT2D eigenvalue weighted by molar-refractivity contribution is 7.16. The third-order valence-electron chi connectivity index (χ3n) is 4.44. The first-order valence-electron chi connectivity index (χ1n) is 9.20. The topological polar surface area (TPSA) is 93.2 Å². The molecule has 2 atom stereocenters. The Bertz CT molecular complexity index is 901. The van der Waals surface area contributed by atoms with Gasteiger partial charge >= 0.3 is 12.0 Å². The van der Waals surface area contributed by atoms with Gasteiger partial charge in [-0.15, -0.1) is 0 Å². The number of esters is 1. The van der Waals surface area contributed by atoms with Crippen molar-refractivity contribution < 1.29 is 14.3 Å². The summed E-state index contributed by atoms with van der Waals surface area (Å²) >= 11 is 1.32. The number of urea groups is 1. The number of hydrogen-bond donors (Lipinski definition) is 2. The number of carbonyl (C=O) groups excluding carboxylic acids is 2. The van der Waals surface area contributed by atoms with Gasteiger partial charge in [0.2, 0.25) is 0 Å². The molecule has 0 bridgehead atoms. The maximum absolute atomic E-state index is 12.3. The molecule has 0 saturated heterocycles. The number of anilines is 1. The minimum absolute atomic E-state index is 0.217. The highest BCUT2D eigenvalue weighted by atomic mass is 32.1. The van der Waals surface area contributed by atoms with Gasteiger partial charge in [-0.3, -0.25) is 15.1 Å². The maximum atomic E-state index is 12.3. The van der Waals surface area contributed by atoms with Crippen molar-refractivity contribution in [2.24, 2.45) is 5.92 Å². The van der Waals surface area contributed by atoms with Crippen molar-refractivity contribution in [2.75, 3.05) is 11.9 Å². The monoisotopic (exact) mass is 398 g/mol. The van der Waals surface area contributed by atoms with Crippen LogP contribution in [0.25, 0.3) is 0 Å². The number of pyridine rings is 1. The van der Waals surface area contributed by atoms with Crippen LogP contribution in [0.3, 0.4) is 0 Å². The van der Waals surface area contributed by atoms with E-state index in [1.807, 2.05) is 19.1 Å². The average Bonchev–Trinajstić information content (AvgIpc) is 3.27. The van der Waals surface area contributed by atoms with Crippen molar-refractivity contribution in [3.63, 3.8) is 0 Å². The van der Waals surface area contributed by atoms with E-state index in [-0.39, 0.29) is 24.0 Å². The first-order valence-corrected chi connectivity index (χ1v) is 10.0. The summed E-state index contributed by atoms with van der Waals surface area (Å²) in [4.78, 5) is 33.5. The second-order valence-corrected chi connectivity index (χ2v) is 7.41. The van der Waals surface area contributed by atoms with Crippen LogP contribution in [0.2, 0.25) is 0 Å². The number of nitrogens with one attached hydrogen (secondary N) is 2.